The van der Waals surface area contributed by atoms with E-state index < -0.39 is 17.5 Å². The van der Waals surface area contributed by atoms with Gasteiger partial charge in [-0.1, -0.05) is 0 Å². The van der Waals surface area contributed by atoms with Crippen molar-refractivity contribution in [3.05, 3.63) is 29.6 Å². The predicted octanol–water partition coefficient (Wildman–Crippen LogP) is 2.78. The molecule has 1 atom stereocenters. The first-order valence-corrected chi connectivity index (χ1v) is 6.78. The third-order valence-corrected chi connectivity index (χ3v) is 4.12. The zero-order valence-corrected chi connectivity index (χ0v) is 10.7. The maximum Gasteiger partial charge on any atom is 0.182 e. The van der Waals surface area contributed by atoms with Crippen molar-refractivity contribution in [1.29, 1.82) is 0 Å². The van der Waals surface area contributed by atoms with Gasteiger partial charge in [-0.25, -0.2) is 13.2 Å². The lowest BCUT2D eigenvalue weighted by atomic mass is 10.2. The number of halogens is 3. The highest BCUT2D eigenvalue weighted by Gasteiger charge is 2.30. The molecular formula is C14H17F3N2. The Morgan fingerprint density at radius 2 is 1.79 bits per heavy atom. The van der Waals surface area contributed by atoms with Crippen LogP contribution in [0.4, 0.5) is 18.9 Å². The highest BCUT2D eigenvalue weighted by molar-refractivity contribution is 5.49. The molecule has 2 saturated heterocycles. The van der Waals surface area contributed by atoms with Gasteiger partial charge in [0.1, 0.15) is 5.82 Å². The number of hydrogen-bond acceptors (Lipinski definition) is 2. The minimum atomic E-state index is -1.11. The molecule has 2 fully saturated rings. The van der Waals surface area contributed by atoms with Crippen molar-refractivity contribution in [2.45, 2.75) is 25.3 Å². The summed E-state index contributed by atoms with van der Waals surface area (Å²) in [5.74, 6) is -2.77. The molecule has 0 radical (unpaired) electrons. The molecule has 2 nitrogen and oxygen atoms in total. The second kappa shape index (κ2) is 5.04. The fourth-order valence-corrected chi connectivity index (χ4v) is 3.20. The summed E-state index contributed by atoms with van der Waals surface area (Å²) in [5, 5.41) is 0. The molecular weight excluding hydrogens is 253 g/mol. The van der Waals surface area contributed by atoms with E-state index in [1.165, 1.54) is 0 Å². The fourth-order valence-electron chi connectivity index (χ4n) is 3.20. The van der Waals surface area contributed by atoms with Crippen molar-refractivity contribution in [3.8, 4) is 0 Å². The van der Waals surface area contributed by atoms with Crippen molar-refractivity contribution < 1.29 is 13.2 Å². The van der Waals surface area contributed by atoms with E-state index >= 15 is 0 Å². The van der Waals surface area contributed by atoms with Crippen LogP contribution < -0.4 is 4.90 Å². The molecule has 104 valence electrons. The standard InChI is InChI=1S/C14H17F3N2/c15-10-7-12(16)14(17)13(8-10)19-6-2-5-18-4-1-3-11(18)9-19/h7-8,11H,1-6,9H2. The van der Waals surface area contributed by atoms with E-state index in [0.29, 0.717) is 25.2 Å². The minimum absolute atomic E-state index is 0.0613. The molecule has 0 aromatic heterocycles. The number of anilines is 1. The summed E-state index contributed by atoms with van der Waals surface area (Å²) in [6.45, 7) is 3.37. The number of hydrogen-bond donors (Lipinski definition) is 0. The maximum absolute atomic E-state index is 13.8. The summed E-state index contributed by atoms with van der Waals surface area (Å²) in [6.07, 6.45) is 3.13. The van der Waals surface area contributed by atoms with E-state index in [9.17, 15) is 13.2 Å². The Morgan fingerprint density at radius 1 is 1.00 bits per heavy atom. The van der Waals surface area contributed by atoms with Gasteiger partial charge in [0.25, 0.3) is 0 Å². The van der Waals surface area contributed by atoms with Crippen LogP contribution in [0.5, 0.6) is 0 Å². The van der Waals surface area contributed by atoms with Crippen LogP contribution in [0.3, 0.4) is 0 Å². The van der Waals surface area contributed by atoms with Crippen molar-refractivity contribution in [3.63, 3.8) is 0 Å². The summed E-state index contributed by atoms with van der Waals surface area (Å²) in [5.41, 5.74) is 0.0613. The maximum atomic E-state index is 13.8. The van der Waals surface area contributed by atoms with Gasteiger partial charge in [-0.05, 0) is 25.8 Å². The SMILES string of the molecule is Fc1cc(F)c(F)c(N2CCCN3CCCC3C2)c1. The summed E-state index contributed by atoms with van der Waals surface area (Å²) in [6, 6.07) is 2.08. The van der Waals surface area contributed by atoms with E-state index in [2.05, 4.69) is 4.90 Å². The van der Waals surface area contributed by atoms with Crippen molar-refractivity contribution in [2.75, 3.05) is 31.1 Å². The van der Waals surface area contributed by atoms with E-state index in [1.807, 2.05) is 0 Å². The highest BCUT2D eigenvalue weighted by atomic mass is 19.2. The molecule has 19 heavy (non-hydrogen) atoms. The Bertz CT molecular complexity index is 478. The van der Waals surface area contributed by atoms with Gasteiger partial charge in [0.2, 0.25) is 0 Å². The average molecular weight is 270 g/mol. The van der Waals surface area contributed by atoms with E-state index in [1.54, 1.807) is 4.90 Å². The fraction of sp³-hybridized carbons (Fsp3) is 0.571. The quantitative estimate of drug-likeness (QED) is 0.724. The monoisotopic (exact) mass is 270 g/mol. The number of rotatable bonds is 1. The van der Waals surface area contributed by atoms with Gasteiger partial charge >= 0.3 is 0 Å². The molecule has 1 aromatic rings. The third-order valence-electron chi connectivity index (χ3n) is 4.12. The zero-order chi connectivity index (χ0) is 13.4. The molecule has 0 amide bonds. The summed E-state index contributed by atoms with van der Waals surface area (Å²) in [7, 11) is 0. The first kappa shape index (κ1) is 12.8. The third kappa shape index (κ3) is 2.43. The van der Waals surface area contributed by atoms with E-state index in [0.717, 1.165) is 38.4 Å². The van der Waals surface area contributed by atoms with E-state index in [-0.39, 0.29) is 5.69 Å². The van der Waals surface area contributed by atoms with Gasteiger partial charge in [-0.2, -0.15) is 0 Å². The molecule has 2 heterocycles. The highest BCUT2D eigenvalue weighted by Crippen LogP contribution is 2.28. The first-order valence-electron chi connectivity index (χ1n) is 6.78. The zero-order valence-electron chi connectivity index (χ0n) is 10.7. The molecule has 0 spiro atoms. The Labute approximate surface area is 110 Å². The van der Waals surface area contributed by atoms with Crippen molar-refractivity contribution in [2.24, 2.45) is 0 Å². The molecule has 2 aliphatic heterocycles. The smallest absolute Gasteiger partial charge is 0.182 e. The van der Waals surface area contributed by atoms with Crippen LogP contribution in [-0.4, -0.2) is 37.1 Å². The lowest BCUT2D eigenvalue weighted by Crippen LogP contribution is -2.37. The van der Waals surface area contributed by atoms with Gasteiger partial charge in [0.15, 0.2) is 11.6 Å². The molecule has 3 rings (SSSR count). The second-order valence-corrected chi connectivity index (χ2v) is 5.35. The lowest BCUT2D eigenvalue weighted by Gasteiger charge is -2.27. The van der Waals surface area contributed by atoms with Crippen LogP contribution in [0, 0.1) is 17.5 Å². The molecule has 2 aliphatic rings. The lowest BCUT2D eigenvalue weighted by molar-refractivity contribution is 0.273. The van der Waals surface area contributed by atoms with Crippen LogP contribution in [-0.2, 0) is 0 Å². The van der Waals surface area contributed by atoms with Crippen LogP contribution >= 0.6 is 0 Å². The predicted molar refractivity (Wildman–Crippen MR) is 67.7 cm³/mol. The number of nitrogens with zero attached hydrogens (tertiary/aromatic N) is 2. The molecule has 0 aliphatic carbocycles. The van der Waals surface area contributed by atoms with Gasteiger partial charge in [-0.3, -0.25) is 4.90 Å². The largest absolute Gasteiger partial charge is 0.367 e. The molecule has 5 heteroatoms. The number of fused-ring (bicyclic) bond motifs is 1. The molecule has 0 N–H and O–H groups in total. The summed E-state index contributed by atoms with van der Waals surface area (Å²) < 4.78 is 40.4. The van der Waals surface area contributed by atoms with Crippen LogP contribution in [0.25, 0.3) is 0 Å². The van der Waals surface area contributed by atoms with Crippen LogP contribution in [0.1, 0.15) is 19.3 Å². The normalized spacial score (nSPS) is 24.4. The summed E-state index contributed by atoms with van der Waals surface area (Å²) >= 11 is 0. The average Bonchev–Trinajstić information content (AvgIpc) is 2.71. The summed E-state index contributed by atoms with van der Waals surface area (Å²) in [4.78, 5) is 4.19. The van der Waals surface area contributed by atoms with Crippen LogP contribution in [0.2, 0.25) is 0 Å². The molecule has 1 aromatic carbocycles. The van der Waals surface area contributed by atoms with Crippen LogP contribution in [0.15, 0.2) is 12.1 Å². The molecule has 0 saturated carbocycles. The topological polar surface area (TPSA) is 6.48 Å². The van der Waals surface area contributed by atoms with Gasteiger partial charge in [-0.15, -0.1) is 0 Å². The van der Waals surface area contributed by atoms with Crippen molar-refractivity contribution in [1.82, 2.24) is 4.90 Å². The first-order chi connectivity index (χ1) is 9.15. The molecule has 1 unspecified atom stereocenters. The van der Waals surface area contributed by atoms with Gasteiger partial charge in [0.05, 0.1) is 5.69 Å². The van der Waals surface area contributed by atoms with Gasteiger partial charge < -0.3 is 4.90 Å². The Morgan fingerprint density at radius 3 is 2.63 bits per heavy atom. The Hall–Kier alpha value is -1.23. The number of benzene rings is 1. The Kier molecular flexibility index (Phi) is 3.39. The second-order valence-electron chi connectivity index (χ2n) is 5.35. The van der Waals surface area contributed by atoms with Gasteiger partial charge in [0, 0.05) is 37.8 Å². The van der Waals surface area contributed by atoms with Crippen molar-refractivity contribution >= 4 is 5.69 Å². The molecule has 0 bridgehead atoms. The Balaban J connectivity index is 1.88. The minimum Gasteiger partial charge on any atom is -0.367 e. The van der Waals surface area contributed by atoms with E-state index in [4.69, 9.17) is 0 Å².